The van der Waals surface area contributed by atoms with Gasteiger partial charge < -0.3 is 9.84 Å². The van der Waals surface area contributed by atoms with E-state index in [1.165, 1.54) is 25.0 Å². The molecule has 0 unspecified atom stereocenters. The zero-order valence-corrected chi connectivity index (χ0v) is 12.0. The zero-order chi connectivity index (χ0) is 13.8. The minimum Gasteiger partial charge on any atom is -0.489 e. The molecule has 0 spiro atoms. The second-order valence-electron chi connectivity index (χ2n) is 4.44. The molecule has 0 aliphatic carbocycles. The molecule has 1 aliphatic heterocycles. The number of halogens is 2. The fourth-order valence-electron chi connectivity index (χ4n) is 2.10. The predicted octanol–water partition coefficient (Wildman–Crippen LogP) is 2.76. The Bertz CT molecular complexity index is 475. The van der Waals surface area contributed by atoms with Gasteiger partial charge in [-0.3, -0.25) is 4.90 Å². The van der Waals surface area contributed by atoms with Crippen LogP contribution in [0, 0.1) is 5.82 Å². The molecule has 6 heteroatoms. The average Bonchev–Trinajstić information content (AvgIpc) is 2.87. The van der Waals surface area contributed by atoms with Crippen LogP contribution in [0.15, 0.2) is 16.6 Å². The van der Waals surface area contributed by atoms with E-state index in [1.54, 1.807) is 0 Å². The van der Waals surface area contributed by atoms with Gasteiger partial charge in [0.25, 0.3) is 0 Å². The Kier molecular flexibility index (Phi) is 4.76. The Labute approximate surface area is 119 Å². The predicted molar refractivity (Wildman–Crippen MR) is 72.2 cm³/mol. The maximum absolute atomic E-state index is 13.9. The van der Waals surface area contributed by atoms with Gasteiger partial charge in [0, 0.05) is 6.54 Å². The molecule has 0 radical (unpaired) electrons. The van der Waals surface area contributed by atoms with Crippen molar-refractivity contribution in [1.29, 1.82) is 0 Å². The molecule has 1 aromatic carbocycles. The van der Waals surface area contributed by atoms with Crippen LogP contribution in [-0.2, 0) is 0 Å². The maximum Gasteiger partial charge on any atom is 0.336 e. The van der Waals surface area contributed by atoms with E-state index in [9.17, 15) is 9.18 Å². The van der Waals surface area contributed by atoms with Crippen molar-refractivity contribution >= 4 is 21.9 Å². The van der Waals surface area contributed by atoms with Crippen molar-refractivity contribution in [3.05, 3.63) is 28.0 Å². The first-order valence-corrected chi connectivity index (χ1v) is 6.95. The molecule has 1 aromatic rings. The molecule has 0 bridgehead atoms. The Morgan fingerprint density at radius 3 is 2.74 bits per heavy atom. The van der Waals surface area contributed by atoms with Gasteiger partial charge in [-0.15, -0.1) is 0 Å². The third-order valence-corrected chi connectivity index (χ3v) is 3.92. The van der Waals surface area contributed by atoms with E-state index in [0.717, 1.165) is 19.6 Å². The highest BCUT2D eigenvalue weighted by Crippen LogP contribution is 2.28. The highest BCUT2D eigenvalue weighted by Gasteiger charge is 2.17. The van der Waals surface area contributed by atoms with E-state index in [2.05, 4.69) is 20.8 Å². The third kappa shape index (κ3) is 3.45. The molecule has 1 N–H and O–H groups in total. The van der Waals surface area contributed by atoms with Gasteiger partial charge in [-0.2, -0.15) is 0 Å². The number of nitrogens with zero attached hydrogens (tertiary/aromatic N) is 1. The van der Waals surface area contributed by atoms with Gasteiger partial charge in [0.05, 0.1) is 10.0 Å². The van der Waals surface area contributed by atoms with E-state index in [4.69, 9.17) is 9.84 Å². The molecule has 104 valence electrons. The topological polar surface area (TPSA) is 49.8 Å². The summed E-state index contributed by atoms with van der Waals surface area (Å²) in [6, 6.07) is 2.69. The van der Waals surface area contributed by atoms with Crippen LogP contribution in [0.5, 0.6) is 5.75 Å². The molecule has 1 heterocycles. The second-order valence-corrected chi connectivity index (χ2v) is 5.23. The lowest BCUT2D eigenvalue weighted by Gasteiger charge is -2.15. The summed E-state index contributed by atoms with van der Waals surface area (Å²) in [6.45, 7) is 3.29. The number of hydrogen-bond acceptors (Lipinski definition) is 3. The van der Waals surface area contributed by atoms with Gasteiger partial charge in [-0.1, -0.05) is 0 Å². The van der Waals surface area contributed by atoms with Crippen LogP contribution < -0.4 is 4.74 Å². The van der Waals surface area contributed by atoms with Gasteiger partial charge in [-0.25, -0.2) is 9.18 Å². The Balaban J connectivity index is 1.96. The van der Waals surface area contributed by atoms with E-state index < -0.39 is 11.8 Å². The average molecular weight is 332 g/mol. The quantitative estimate of drug-likeness (QED) is 0.901. The molecule has 1 saturated heterocycles. The fourth-order valence-corrected chi connectivity index (χ4v) is 2.60. The zero-order valence-electron chi connectivity index (χ0n) is 10.4. The number of likely N-dealkylation sites (tertiary alicyclic amines) is 1. The second kappa shape index (κ2) is 6.34. The molecule has 4 nitrogen and oxygen atoms in total. The number of carboxylic acids is 1. The highest BCUT2D eigenvalue weighted by atomic mass is 79.9. The Morgan fingerprint density at radius 1 is 1.42 bits per heavy atom. The molecule has 19 heavy (non-hydrogen) atoms. The normalized spacial score (nSPS) is 15.7. The van der Waals surface area contributed by atoms with Crippen LogP contribution in [0.25, 0.3) is 0 Å². The van der Waals surface area contributed by atoms with Crippen LogP contribution in [0.4, 0.5) is 4.39 Å². The maximum atomic E-state index is 13.9. The smallest absolute Gasteiger partial charge is 0.336 e. The van der Waals surface area contributed by atoms with Gasteiger partial charge in [0.1, 0.15) is 6.61 Å². The van der Waals surface area contributed by atoms with Crippen LogP contribution in [0.3, 0.4) is 0 Å². The largest absolute Gasteiger partial charge is 0.489 e. The first-order chi connectivity index (χ1) is 9.09. The molecule has 0 atom stereocenters. The first kappa shape index (κ1) is 14.3. The summed E-state index contributed by atoms with van der Waals surface area (Å²) in [4.78, 5) is 13.1. The third-order valence-electron chi connectivity index (χ3n) is 3.14. The Hall–Kier alpha value is -1.14. The van der Waals surface area contributed by atoms with Gasteiger partial charge in [0.15, 0.2) is 11.6 Å². The summed E-state index contributed by atoms with van der Waals surface area (Å²) in [5.41, 5.74) is -0.107. The lowest BCUT2D eigenvalue weighted by Crippen LogP contribution is -2.25. The summed E-state index contributed by atoms with van der Waals surface area (Å²) in [5.74, 6) is -1.76. The van der Waals surface area contributed by atoms with Crippen molar-refractivity contribution in [1.82, 2.24) is 4.90 Å². The van der Waals surface area contributed by atoms with Crippen molar-refractivity contribution in [2.75, 3.05) is 26.2 Å². The molecule has 1 aliphatic rings. The summed E-state index contributed by atoms with van der Waals surface area (Å²) >= 11 is 2.94. The van der Waals surface area contributed by atoms with Gasteiger partial charge in [0.2, 0.25) is 0 Å². The molecule has 2 rings (SSSR count). The summed E-state index contributed by atoms with van der Waals surface area (Å²) in [5, 5.41) is 8.86. The number of aromatic carboxylic acids is 1. The number of carboxylic acid groups (broad SMARTS) is 1. The van der Waals surface area contributed by atoms with E-state index in [1.807, 2.05) is 0 Å². The van der Waals surface area contributed by atoms with Crippen molar-refractivity contribution in [3.63, 3.8) is 0 Å². The number of hydrogen-bond donors (Lipinski definition) is 1. The number of ether oxygens (including phenoxy) is 1. The summed E-state index contributed by atoms with van der Waals surface area (Å²) < 4.78 is 19.2. The Morgan fingerprint density at radius 2 is 2.11 bits per heavy atom. The summed E-state index contributed by atoms with van der Waals surface area (Å²) in [7, 11) is 0. The van der Waals surface area contributed by atoms with Crippen molar-refractivity contribution in [2.45, 2.75) is 12.8 Å². The van der Waals surface area contributed by atoms with Crippen molar-refractivity contribution in [3.8, 4) is 5.75 Å². The lowest BCUT2D eigenvalue weighted by atomic mass is 10.2. The molecule has 0 aromatic heterocycles. The highest BCUT2D eigenvalue weighted by molar-refractivity contribution is 9.10. The fraction of sp³-hybridized carbons (Fsp3) is 0.462. The van der Waals surface area contributed by atoms with Crippen molar-refractivity contribution in [2.24, 2.45) is 0 Å². The SMILES string of the molecule is O=C(O)c1ccc(OCCN2CCCC2)c(F)c1Br. The number of benzene rings is 1. The van der Waals surface area contributed by atoms with E-state index in [-0.39, 0.29) is 15.8 Å². The molecular formula is C13H15BrFNO3. The molecular weight excluding hydrogens is 317 g/mol. The van der Waals surface area contributed by atoms with Crippen LogP contribution in [-0.4, -0.2) is 42.2 Å². The van der Waals surface area contributed by atoms with Crippen LogP contribution in [0.1, 0.15) is 23.2 Å². The standard InChI is InChI=1S/C13H15BrFNO3/c14-11-9(13(17)18)3-4-10(12(11)15)19-8-7-16-5-1-2-6-16/h3-4H,1-2,5-8H2,(H,17,18). The molecule has 1 fully saturated rings. The first-order valence-electron chi connectivity index (χ1n) is 6.16. The minimum atomic E-state index is -1.17. The van der Waals surface area contributed by atoms with Gasteiger partial charge in [-0.05, 0) is 54.0 Å². The molecule has 0 saturated carbocycles. The number of rotatable bonds is 5. The van der Waals surface area contributed by atoms with Crippen LogP contribution in [0.2, 0.25) is 0 Å². The number of carbonyl (C=O) groups is 1. The van der Waals surface area contributed by atoms with E-state index >= 15 is 0 Å². The summed E-state index contributed by atoms with van der Waals surface area (Å²) in [6.07, 6.45) is 2.40. The van der Waals surface area contributed by atoms with Crippen molar-refractivity contribution < 1.29 is 19.0 Å². The monoisotopic (exact) mass is 331 g/mol. The van der Waals surface area contributed by atoms with Gasteiger partial charge >= 0.3 is 5.97 Å². The minimum absolute atomic E-state index is 0.0707. The lowest BCUT2D eigenvalue weighted by molar-refractivity contribution is 0.0695. The van der Waals surface area contributed by atoms with Crippen LogP contribution >= 0.6 is 15.9 Å². The van der Waals surface area contributed by atoms with E-state index in [0.29, 0.717) is 6.61 Å². The molecule has 0 amide bonds.